The van der Waals surface area contributed by atoms with Crippen molar-refractivity contribution in [3.63, 3.8) is 0 Å². The first kappa shape index (κ1) is 41.8. The Morgan fingerprint density at radius 3 is 0.527 bits per heavy atom. The van der Waals surface area contributed by atoms with Crippen molar-refractivity contribution in [1.29, 1.82) is 0 Å². The molecular weight excluding hydrogens is 901 g/mol. The van der Waals surface area contributed by atoms with Crippen LogP contribution < -0.4 is 0 Å². The molecule has 6 N–H and O–H groups in total. The SMILES string of the molecule is O=C(O)c1ccnc(-c2cc(C(=O)O)ccn2)c1.O=C(O)c1ccnc(-c2cc(C(=O)O)ccn2)c1.O=C(O)c1ccnc(-c2cc(C(=O)O)ccn2)c1.[Ir]. The molecule has 0 aliphatic rings. The Hall–Kier alpha value is -7.63. The molecule has 279 valence electrons. The summed E-state index contributed by atoms with van der Waals surface area (Å²) in [5, 5.41) is 53.1. The Balaban J connectivity index is 0.000000220. The van der Waals surface area contributed by atoms with Crippen molar-refractivity contribution in [2.75, 3.05) is 0 Å². The van der Waals surface area contributed by atoms with Gasteiger partial charge in [0, 0.05) is 57.3 Å². The average Bonchev–Trinajstić information content (AvgIpc) is 3.18. The van der Waals surface area contributed by atoms with Crippen molar-refractivity contribution >= 4 is 35.8 Å². The van der Waals surface area contributed by atoms with Crippen molar-refractivity contribution in [2.24, 2.45) is 0 Å². The predicted octanol–water partition coefficient (Wildman–Crippen LogP) is 4.62. The molecule has 0 saturated heterocycles. The van der Waals surface area contributed by atoms with Crippen LogP contribution >= 0.6 is 0 Å². The number of nitrogens with zero attached hydrogens (tertiary/aromatic N) is 6. The van der Waals surface area contributed by atoms with Gasteiger partial charge in [-0.15, -0.1) is 0 Å². The van der Waals surface area contributed by atoms with Gasteiger partial charge in [-0.3, -0.25) is 29.9 Å². The van der Waals surface area contributed by atoms with E-state index >= 15 is 0 Å². The van der Waals surface area contributed by atoms with E-state index in [2.05, 4.69) is 29.9 Å². The van der Waals surface area contributed by atoms with E-state index in [9.17, 15) is 28.8 Å². The van der Waals surface area contributed by atoms with Crippen LogP contribution in [0.3, 0.4) is 0 Å². The molecule has 18 nitrogen and oxygen atoms in total. The summed E-state index contributed by atoms with van der Waals surface area (Å²) < 4.78 is 0. The van der Waals surface area contributed by atoms with Gasteiger partial charge in [0.15, 0.2) is 0 Å². The fourth-order valence-corrected chi connectivity index (χ4v) is 4.22. The van der Waals surface area contributed by atoms with Gasteiger partial charge in [-0.25, -0.2) is 28.8 Å². The van der Waals surface area contributed by atoms with E-state index in [0.29, 0.717) is 34.2 Å². The Bertz CT molecular complexity index is 1980. The number of aromatic nitrogens is 6. The fraction of sp³-hybridized carbons (Fsp3) is 0. The molecule has 0 bridgehead atoms. The molecule has 0 unspecified atom stereocenters. The summed E-state index contributed by atoms with van der Waals surface area (Å²) in [6.45, 7) is 0. The molecule has 0 fully saturated rings. The van der Waals surface area contributed by atoms with Crippen molar-refractivity contribution < 1.29 is 79.5 Å². The van der Waals surface area contributed by atoms with E-state index in [1.165, 1.54) is 110 Å². The second kappa shape index (κ2) is 19.3. The Labute approximate surface area is 321 Å². The van der Waals surface area contributed by atoms with E-state index in [0.717, 1.165) is 0 Å². The standard InChI is InChI=1S/3C12H8N2O4.Ir/c3*15-11(16)7-1-3-13-9(5-7)10-6-8(12(17)18)2-4-14-10;/h3*1-6H,(H,15,16)(H,17,18);. The van der Waals surface area contributed by atoms with Crippen molar-refractivity contribution in [2.45, 2.75) is 0 Å². The third-order valence-electron chi connectivity index (χ3n) is 6.83. The first-order chi connectivity index (χ1) is 25.7. The van der Waals surface area contributed by atoms with Crippen molar-refractivity contribution in [1.82, 2.24) is 29.9 Å². The zero-order chi connectivity index (χ0) is 39.4. The Kier molecular flexibility index (Phi) is 14.6. The van der Waals surface area contributed by atoms with E-state index in [-0.39, 0.29) is 53.5 Å². The minimum Gasteiger partial charge on any atom is -0.478 e. The zero-order valence-corrected chi connectivity index (χ0v) is 29.9. The molecule has 6 aromatic heterocycles. The minimum atomic E-state index is -1.08. The molecule has 0 spiro atoms. The molecule has 0 aromatic carbocycles. The van der Waals surface area contributed by atoms with Crippen LogP contribution in [0.1, 0.15) is 62.1 Å². The maximum Gasteiger partial charge on any atom is 0.335 e. The number of carboxylic acid groups (broad SMARTS) is 6. The van der Waals surface area contributed by atoms with E-state index in [1.54, 1.807) is 0 Å². The summed E-state index contributed by atoms with van der Waals surface area (Å²) >= 11 is 0. The summed E-state index contributed by atoms with van der Waals surface area (Å²) in [4.78, 5) is 88.7. The molecule has 0 atom stereocenters. The first-order valence-electron chi connectivity index (χ1n) is 14.9. The Morgan fingerprint density at radius 2 is 0.418 bits per heavy atom. The normalized spacial score (nSPS) is 9.82. The summed E-state index contributed by atoms with van der Waals surface area (Å²) in [5.74, 6) is -6.46. The van der Waals surface area contributed by atoms with Crippen LogP contribution in [-0.4, -0.2) is 96.4 Å². The summed E-state index contributed by atoms with van der Waals surface area (Å²) in [6.07, 6.45) is 8.05. The predicted molar refractivity (Wildman–Crippen MR) is 184 cm³/mol. The van der Waals surface area contributed by atoms with Gasteiger partial charge in [0.2, 0.25) is 0 Å². The van der Waals surface area contributed by atoms with Gasteiger partial charge in [0.1, 0.15) is 0 Å². The number of carbonyl (C=O) groups is 6. The molecular formula is C36H24IrN6O12. The average molecular weight is 925 g/mol. The first-order valence-corrected chi connectivity index (χ1v) is 14.9. The maximum absolute atomic E-state index is 10.8. The summed E-state index contributed by atoms with van der Waals surface area (Å²) in [7, 11) is 0. The number of hydrogen-bond acceptors (Lipinski definition) is 12. The number of carboxylic acids is 6. The molecule has 6 aromatic rings. The van der Waals surface area contributed by atoms with Crippen LogP contribution in [0.25, 0.3) is 34.2 Å². The van der Waals surface area contributed by atoms with Gasteiger partial charge in [0.05, 0.1) is 67.5 Å². The minimum absolute atomic E-state index is 0. The van der Waals surface area contributed by atoms with Crippen molar-refractivity contribution in [3.8, 4) is 34.2 Å². The van der Waals surface area contributed by atoms with Gasteiger partial charge in [-0.1, -0.05) is 0 Å². The van der Waals surface area contributed by atoms with Gasteiger partial charge in [-0.05, 0) is 72.8 Å². The van der Waals surface area contributed by atoms with Crippen LogP contribution in [-0.2, 0) is 20.1 Å². The molecule has 0 saturated carbocycles. The quantitative estimate of drug-likeness (QED) is 0.115. The number of pyridine rings is 6. The number of aromatic carboxylic acids is 6. The van der Waals surface area contributed by atoms with Gasteiger partial charge >= 0.3 is 35.8 Å². The molecule has 1 radical (unpaired) electrons. The zero-order valence-electron chi connectivity index (χ0n) is 27.5. The fourth-order valence-electron chi connectivity index (χ4n) is 4.22. The van der Waals surface area contributed by atoms with E-state index < -0.39 is 35.8 Å². The van der Waals surface area contributed by atoms with Crippen LogP contribution in [0.4, 0.5) is 0 Å². The number of rotatable bonds is 9. The monoisotopic (exact) mass is 925 g/mol. The topological polar surface area (TPSA) is 301 Å². The molecule has 6 rings (SSSR count). The van der Waals surface area contributed by atoms with Crippen LogP contribution in [0.5, 0.6) is 0 Å². The Morgan fingerprint density at radius 1 is 0.291 bits per heavy atom. The maximum atomic E-state index is 10.8. The van der Waals surface area contributed by atoms with Crippen LogP contribution in [0.2, 0.25) is 0 Å². The van der Waals surface area contributed by atoms with Gasteiger partial charge in [-0.2, -0.15) is 0 Å². The summed E-state index contributed by atoms with van der Waals surface area (Å²) in [6, 6.07) is 16.2. The third-order valence-corrected chi connectivity index (χ3v) is 6.83. The second-order valence-electron chi connectivity index (χ2n) is 10.4. The molecule has 0 aliphatic carbocycles. The van der Waals surface area contributed by atoms with E-state index in [4.69, 9.17) is 30.6 Å². The third kappa shape index (κ3) is 11.7. The van der Waals surface area contributed by atoms with Gasteiger partial charge in [0.25, 0.3) is 0 Å². The molecule has 0 aliphatic heterocycles. The summed E-state index contributed by atoms with van der Waals surface area (Å²) in [5.41, 5.74) is 2.34. The largest absolute Gasteiger partial charge is 0.478 e. The second-order valence-corrected chi connectivity index (χ2v) is 10.4. The molecule has 0 amide bonds. The van der Waals surface area contributed by atoms with Gasteiger partial charge < -0.3 is 30.6 Å². The molecule has 19 heteroatoms. The van der Waals surface area contributed by atoms with Crippen LogP contribution in [0.15, 0.2) is 110 Å². The molecule has 6 heterocycles. The smallest absolute Gasteiger partial charge is 0.335 e. The number of hydrogen-bond donors (Lipinski definition) is 6. The van der Waals surface area contributed by atoms with Crippen LogP contribution in [0, 0.1) is 0 Å². The molecule has 55 heavy (non-hydrogen) atoms. The van der Waals surface area contributed by atoms with Crippen molar-refractivity contribution in [3.05, 3.63) is 143 Å². The van der Waals surface area contributed by atoms with E-state index in [1.807, 2.05) is 0 Å².